The van der Waals surface area contributed by atoms with Crippen LogP contribution in [0, 0.1) is 0 Å². The zero-order chi connectivity index (χ0) is 11.5. The molecule has 108 valence electrons. The van der Waals surface area contributed by atoms with Gasteiger partial charge in [0.25, 0.3) is 0 Å². The van der Waals surface area contributed by atoms with E-state index in [2.05, 4.69) is 31.4 Å². The molecule has 1 aromatic heterocycles. The summed E-state index contributed by atoms with van der Waals surface area (Å²) in [5.41, 5.74) is 12.5. The number of nitrogens with one attached hydrogen (secondary N) is 1. The Balaban J connectivity index is -0.000000750. The molecule has 0 aliphatic carbocycles. The average Bonchev–Trinajstić information content (AvgIpc) is 2.07. The third kappa shape index (κ3) is 8.47. The third-order valence-electron chi connectivity index (χ3n) is 2.01. The topological polar surface area (TPSA) is 77.0 Å². The normalized spacial score (nSPS) is 9.50. The monoisotopic (exact) mass is 317 g/mol. The third-order valence-corrected chi connectivity index (χ3v) is 2.01. The molecule has 8 heteroatoms. The molecule has 18 heavy (non-hydrogen) atoms. The van der Waals surface area contributed by atoms with E-state index in [0.717, 1.165) is 17.6 Å². The van der Waals surface area contributed by atoms with E-state index in [4.69, 9.17) is 11.5 Å². The van der Waals surface area contributed by atoms with Crippen LogP contribution in [0.15, 0.2) is 12.3 Å². The lowest BCUT2D eigenvalue weighted by Gasteiger charge is -2.24. The van der Waals surface area contributed by atoms with E-state index < -0.39 is 0 Å². The van der Waals surface area contributed by atoms with Gasteiger partial charge in [-0.1, -0.05) is 0 Å². The number of pyridine rings is 1. The average molecular weight is 319 g/mol. The van der Waals surface area contributed by atoms with Crippen LogP contribution in [-0.2, 0) is 0 Å². The lowest BCUT2D eigenvalue weighted by Crippen LogP contribution is -3.00. The van der Waals surface area contributed by atoms with Crippen LogP contribution in [0.5, 0.6) is 0 Å². The molecule has 0 amide bonds. The summed E-state index contributed by atoms with van der Waals surface area (Å²) in [6, 6.07) is 1.71. The van der Waals surface area contributed by atoms with Crippen LogP contribution in [-0.4, -0.2) is 43.7 Å². The number of halogens is 3. The van der Waals surface area contributed by atoms with Crippen molar-refractivity contribution in [2.45, 2.75) is 0 Å². The number of anilines is 3. The van der Waals surface area contributed by atoms with E-state index in [1.54, 1.807) is 12.3 Å². The molecule has 5 nitrogen and oxygen atoms in total. The zero-order valence-corrected chi connectivity index (χ0v) is 13.2. The van der Waals surface area contributed by atoms with Crippen molar-refractivity contribution >= 4 is 42.0 Å². The van der Waals surface area contributed by atoms with Crippen molar-refractivity contribution in [2.24, 2.45) is 0 Å². The molecule has 0 aliphatic heterocycles. The summed E-state index contributed by atoms with van der Waals surface area (Å²) in [4.78, 5) is 4.13. The molecule has 1 aromatic rings. The second kappa shape index (κ2) is 9.33. The minimum absolute atomic E-state index is 0. The highest BCUT2D eigenvalue weighted by Gasteiger charge is 2.07. The molecular weight excluding hydrogens is 297 g/mol. The Kier molecular flexibility index (Phi) is 11.7. The number of aromatic nitrogens is 1. The van der Waals surface area contributed by atoms with Crippen LogP contribution in [0.2, 0.25) is 0 Å². The predicted molar refractivity (Wildman–Crippen MR) is 78.9 cm³/mol. The van der Waals surface area contributed by atoms with Gasteiger partial charge in [-0.2, -0.15) is 0 Å². The first-order valence-electron chi connectivity index (χ1n) is 4.94. The van der Waals surface area contributed by atoms with Crippen molar-refractivity contribution < 1.29 is 16.9 Å². The number of nitrogen functional groups attached to an aromatic ring is 2. The van der Waals surface area contributed by atoms with Gasteiger partial charge >= 0.3 is 0 Å². The molecule has 5 N–H and O–H groups in total. The number of nitrogens with zero attached hydrogens (tertiary/aromatic N) is 2. The first kappa shape index (κ1) is 22.6. The minimum Gasteiger partial charge on any atom is -1.00 e. The predicted octanol–water partition coefficient (Wildman–Crippen LogP) is -1.79. The van der Waals surface area contributed by atoms with E-state index in [-0.39, 0.29) is 37.2 Å². The molecule has 0 saturated carbocycles. The quantitative estimate of drug-likeness (QED) is 0.573. The van der Waals surface area contributed by atoms with Gasteiger partial charge in [0.05, 0.1) is 51.8 Å². The van der Waals surface area contributed by atoms with Crippen LogP contribution >= 0.6 is 24.8 Å². The number of rotatable bonds is 4. The molecule has 0 spiro atoms. The fourth-order valence-electron chi connectivity index (χ4n) is 1.16. The molecule has 0 atom stereocenters. The first-order chi connectivity index (χ1) is 6.88. The fraction of sp³-hybridized carbons (Fsp3) is 0.500. The molecule has 0 saturated heterocycles. The molecule has 0 aliphatic rings. The van der Waals surface area contributed by atoms with Crippen LogP contribution < -0.4 is 29.2 Å². The summed E-state index contributed by atoms with van der Waals surface area (Å²) >= 11 is 0. The minimum atomic E-state index is 0. The van der Waals surface area contributed by atoms with Crippen molar-refractivity contribution in [1.29, 1.82) is 0 Å². The second-order valence-corrected chi connectivity index (χ2v) is 4.65. The second-order valence-electron chi connectivity index (χ2n) is 4.65. The molecule has 0 fully saturated rings. The van der Waals surface area contributed by atoms with Crippen molar-refractivity contribution in [3.05, 3.63) is 12.3 Å². The lowest BCUT2D eigenvalue weighted by molar-refractivity contribution is -0.868. The van der Waals surface area contributed by atoms with Crippen molar-refractivity contribution in [3.8, 4) is 0 Å². The highest BCUT2D eigenvalue weighted by molar-refractivity contribution is 5.85. The van der Waals surface area contributed by atoms with E-state index >= 15 is 0 Å². The highest BCUT2D eigenvalue weighted by atomic mass is 35.5. The molecule has 0 aromatic carbocycles. The van der Waals surface area contributed by atoms with Gasteiger partial charge in [-0.15, -0.1) is 24.8 Å². The standard InChI is InChI=1S/C10H20N5.3ClH/c1-15(2,3)5-4-13-10-9(12)6-8(11)7-14-10;;;/h6-7H,4-5,11-12H2,1-3H3,(H,13,14);3*1H/q+1;;;/p-1. The molecule has 0 bridgehead atoms. The number of likely N-dealkylation sites (N-methyl/N-ethyl adjacent to an activating group) is 1. The Morgan fingerprint density at radius 1 is 1.22 bits per heavy atom. The maximum atomic E-state index is 5.76. The smallest absolute Gasteiger partial charge is 0.149 e. The van der Waals surface area contributed by atoms with Gasteiger partial charge in [-0.25, -0.2) is 4.98 Å². The first-order valence-corrected chi connectivity index (χ1v) is 4.94. The number of nitrogens with two attached hydrogens (primary N) is 2. The van der Waals surface area contributed by atoms with Gasteiger partial charge in [0.1, 0.15) is 5.82 Å². The molecule has 1 rings (SSSR count). The van der Waals surface area contributed by atoms with Crippen molar-refractivity contribution in [3.63, 3.8) is 0 Å². The summed E-state index contributed by atoms with van der Waals surface area (Å²) in [6.07, 6.45) is 1.60. The van der Waals surface area contributed by atoms with Crippen LogP contribution in [0.1, 0.15) is 0 Å². The van der Waals surface area contributed by atoms with Crippen molar-refractivity contribution in [2.75, 3.05) is 51.0 Å². The van der Waals surface area contributed by atoms with Gasteiger partial charge in [0, 0.05) is 0 Å². The van der Waals surface area contributed by atoms with E-state index in [9.17, 15) is 0 Å². The van der Waals surface area contributed by atoms with Crippen LogP contribution in [0.3, 0.4) is 0 Å². The summed E-state index contributed by atoms with van der Waals surface area (Å²) in [5.74, 6) is 0.706. The highest BCUT2D eigenvalue weighted by Crippen LogP contribution is 2.16. The van der Waals surface area contributed by atoms with Gasteiger partial charge in [-0.05, 0) is 6.07 Å². The summed E-state index contributed by atoms with van der Waals surface area (Å²) in [5, 5.41) is 3.19. The fourth-order valence-corrected chi connectivity index (χ4v) is 1.16. The largest absolute Gasteiger partial charge is 1.00 e. The lowest BCUT2D eigenvalue weighted by atomic mass is 10.3. The van der Waals surface area contributed by atoms with Gasteiger partial charge < -0.3 is 33.7 Å². The Hall–Kier alpha value is -0.620. The van der Waals surface area contributed by atoms with Gasteiger partial charge in [0.15, 0.2) is 0 Å². The van der Waals surface area contributed by atoms with Gasteiger partial charge in [0.2, 0.25) is 0 Å². The molecule has 0 radical (unpaired) electrons. The Bertz CT molecular complexity index is 341. The number of hydrogen-bond donors (Lipinski definition) is 3. The maximum absolute atomic E-state index is 5.76. The Morgan fingerprint density at radius 3 is 2.22 bits per heavy atom. The maximum Gasteiger partial charge on any atom is 0.149 e. The number of hydrogen-bond acceptors (Lipinski definition) is 4. The Labute approximate surface area is 127 Å². The van der Waals surface area contributed by atoms with E-state index in [1.165, 1.54) is 0 Å². The van der Waals surface area contributed by atoms with E-state index in [1.807, 2.05) is 0 Å². The molecule has 0 unspecified atom stereocenters. The summed E-state index contributed by atoms with van der Waals surface area (Å²) in [7, 11) is 6.42. The summed E-state index contributed by atoms with van der Waals surface area (Å²) < 4.78 is 0.905. The van der Waals surface area contributed by atoms with E-state index in [0.29, 0.717) is 17.2 Å². The molecule has 1 heterocycles. The van der Waals surface area contributed by atoms with Crippen LogP contribution in [0.4, 0.5) is 17.2 Å². The molecular formula is C10H22Cl3N5. The summed E-state index contributed by atoms with van der Waals surface area (Å²) in [6.45, 7) is 1.84. The Morgan fingerprint density at radius 2 is 1.78 bits per heavy atom. The number of quaternary nitrogens is 1. The van der Waals surface area contributed by atoms with Crippen LogP contribution in [0.25, 0.3) is 0 Å². The SMILES string of the molecule is C[N+](C)(C)CCNc1ncc(N)cc1N.Cl.Cl.[Cl-]. The zero-order valence-electron chi connectivity index (χ0n) is 10.8. The van der Waals surface area contributed by atoms with Crippen molar-refractivity contribution in [1.82, 2.24) is 4.98 Å². The van der Waals surface area contributed by atoms with Gasteiger partial charge in [-0.3, -0.25) is 0 Å².